The van der Waals surface area contributed by atoms with Crippen LogP contribution in [0.25, 0.3) is 28.6 Å². The number of benzene rings is 2. The summed E-state index contributed by atoms with van der Waals surface area (Å²) in [7, 11) is 0. The summed E-state index contributed by atoms with van der Waals surface area (Å²) in [6.07, 6.45) is 3.75. The molecule has 0 saturated heterocycles. The molecule has 4 aromatic rings. The summed E-state index contributed by atoms with van der Waals surface area (Å²) in [6.45, 7) is 10.3. The van der Waals surface area contributed by atoms with Gasteiger partial charge in [0.05, 0.1) is 0 Å². The van der Waals surface area contributed by atoms with Crippen LogP contribution in [0.5, 0.6) is 0 Å². The molecule has 28 heavy (non-hydrogen) atoms. The molecule has 0 spiro atoms. The SMILES string of the molecule is C/C=C/c1nc2ccccc2o1.Cc1nnc(-c2ccc(C(C)(C)C)cc2)o1. The largest absolute Gasteiger partial charge is 0.437 e. The van der Waals surface area contributed by atoms with E-state index in [2.05, 4.69) is 48.1 Å². The number of allylic oxidation sites excluding steroid dienone is 1. The molecule has 4 rings (SSSR count). The third kappa shape index (κ3) is 4.74. The molecule has 144 valence electrons. The Bertz CT molecular complexity index is 1030. The van der Waals surface area contributed by atoms with Gasteiger partial charge in [-0.1, -0.05) is 51.1 Å². The van der Waals surface area contributed by atoms with E-state index in [1.54, 1.807) is 6.92 Å². The molecule has 0 unspecified atom stereocenters. The Hall–Kier alpha value is -3.21. The highest BCUT2D eigenvalue weighted by Gasteiger charge is 2.14. The third-order valence-electron chi connectivity index (χ3n) is 4.14. The first-order valence-corrected chi connectivity index (χ1v) is 9.26. The lowest BCUT2D eigenvalue weighted by molar-refractivity contribution is 0.532. The van der Waals surface area contributed by atoms with Crippen molar-refractivity contribution < 1.29 is 8.83 Å². The van der Waals surface area contributed by atoms with Gasteiger partial charge in [-0.3, -0.25) is 0 Å². The van der Waals surface area contributed by atoms with Crippen molar-refractivity contribution in [1.82, 2.24) is 15.2 Å². The van der Waals surface area contributed by atoms with E-state index in [1.807, 2.05) is 55.5 Å². The minimum atomic E-state index is 0.170. The molecule has 2 aromatic carbocycles. The Morgan fingerprint density at radius 3 is 2.18 bits per heavy atom. The fourth-order valence-electron chi connectivity index (χ4n) is 2.63. The second-order valence-corrected chi connectivity index (χ2v) is 7.47. The summed E-state index contributed by atoms with van der Waals surface area (Å²) in [4.78, 5) is 4.25. The zero-order valence-electron chi connectivity index (χ0n) is 16.9. The van der Waals surface area contributed by atoms with Gasteiger partial charge in [-0.05, 0) is 48.2 Å². The second kappa shape index (κ2) is 8.21. The van der Waals surface area contributed by atoms with Crippen LogP contribution in [0.1, 0.15) is 45.0 Å². The highest BCUT2D eigenvalue weighted by atomic mass is 16.4. The van der Waals surface area contributed by atoms with E-state index in [4.69, 9.17) is 8.83 Å². The van der Waals surface area contributed by atoms with Crippen LogP contribution in [0.4, 0.5) is 0 Å². The first-order valence-electron chi connectivity index (χ1n) is 9.26. The Kier molecular flexibility index (Phi) is 5.73. The summed E-state index contributed by atoms with van der Waals surface area (Å²) in [5, 5.41) is 7.81. The number of para-hydroxylation sites is 2. The Morgan fingerprint density at radius 2 is 1.61 bits per heavy atom. The van der Waals surface area contributed by atoms with Crippen LogP contribution in [-0.2, 0) is 5.41 Å². The van der Waals surface area contributed by atoms with Crippen molar-refractivity contribution in [2.75, 3.05) is 0 Å². The van der Waals surface area contributed by atoms with Crippen LogP contribution in [0.15, 0.2) is 63.4 Å². The average Bonchev–Trinajstić information content (AvgIpc) is 3.27. The predicted molar refractivity (Wildman–Crippen MR) is 112 cm³/mol. The molecule has 0 N–H and O–H groups in total. The van der Waals surface area contributed by atoms with Gasteiger partial charge in [0.25, 0.3) is 0 Å². The highest BCUT2D eigenvalue weighted by Crippen LogP contribution is 2.25. The zero-order valence-corrected chi connectivity index (χ0v) is 16.9. The van der Waals surface area contributed by atoms with Gasteiger partial charge in [-0.25, -0.2) is 4.98 Å². The van der Waals surface area contributed by atoms with Crippen molar-refractivity contribution >= 4 is 17.2 Å². The van der Waals surface area contributed by atoms with Crippen molar-refractivity contribution in [2.24, 2.45) is 0 Å². The molecular weight excluding hydrogens is 350 g/mol. The number of hydrogen-bond donors (Lipinski definition) is 0. The van der Waals surface area contributed by atoms with Crippen molar-refractivity contribution in [2.45, 2.75) is 40.0 Å². The fourth-order valence-corrected chi connectivity index (χ4v) is 2.63. The molecule has 0 aliphatic heterocycles. The molecule has 2 aromatic heterocycles. The quantitative estimate of drug-likeness (QED) is 0.417. The Labute approximate surface area is 165 Å². The van der Waals surface area contributed by atoms with Crippen LogP contribution in [0, 0.1) is 6.92 Å². The summed E-state index contributed by atoms with van der Waals surface area (Å²) in [5.41, 5.74) is 4.18. The number of fused-ring (bicyclic) bond motifs is 1. The normalized spacial score (nSPS) is 11.6. The lowest BCUT2D eigenvalue weighted by Gasteiger charge is -2.18. The lowest BCUT2D eigenvalue weighted by Crippen LogP contribution is -2.10. The van der Waals surface area contributed by atoms with Gasteiger partial charge in [0.15, 0.2) is 5.58 Å². The molecule has 0 bridgehead atoms. The Morgan fingerprint density at radius 1 is 0.893 bits per heavy atom. The zero-order chi connectivity index (χ0) is 20.1. The molecule has 0 amide bonds. The van der Waals surface area contributed by atoms with Crippen LogP contribution in [0.3, 0.4) is 0 Å². The molecule has 0 aliphatic carbocycles. The standard InChI is InChI=1S/C13H16N2O.C10H9NO/c1-9-14-15-12(16-9)10-5-7-11(8-6-10)13(2,3)4;1-2-5-10-11-8-6-3-4-7-9(8)12-10/h5-8H,1-4H3;2-7H,1H3/b;5-2+. The molecular formula is C23H25N3O2. The Balaban J connectivity index is 0.000000167. The number of aromatic nitrogens is 3. The van der Waals surface area contributed by atoms with Gasteiger partial charge >= 0.3 is 0 Å². The van der Waals surface area contributed by atoms with E-state index in [0.29, 0.717) is 17.7 Å². The van der Waals surface area contributed by atoms with E-state index >= 15 is 0 Å². The number of aryl methyl sites for hydroxylation is 1. The molecule has 2 heterocycles. The topological polar surface area (TPSA) is 65.0 Å². The molecule has 0 saturated carbocycles. The molecule has 5 heteroatoms. The minimum Gasteiger partial charge on any atom is -0.437 e. The number of hydrogen-bond acceptors (Lipinski definition) is 5. The lowest BCUT2D eigenvalue weighted by atomic mass is 9.87. The van der Waals surface area contributed by atoms with E-state index in [-0.39, 0.29) is 5.41 Å². The van der Waals surface area contributed by atoms with Crippen molar-refractivity contribution in [3.63, 3.8) is 0 Å². The fraction of sp³-hybridized carbons (Fsp3) is 0.261. The molecule has 0 fully saturated rings. The number of oxazole rings is 1. The molecule has 0 atom stereocenters. The predicted octanol–water partition coefficient (Wildman–Crippen LogP) is 6.20. The van der Waals surface area contributed by atoms with Gasteiger partial charge in [0, 0.05) is 12.5 Å². The molecule has 0 aliphatic rings. The number of nitrogens with zero attached hydrogens (tertiary/aromatic N) is 3. The minimum absolute atomic E-state index is 0.170. The first-order chi connectivity index (χ1) is 13.4. The maximum absolute atomic E-state index is 5.41. The van der Waals surface area contributed by atoms with Crippen molar-refractivity contribution in [1.29, 1.82) is 0 Å². The number of rotatable bonds is 2. The van der Waals surface area contributed by atoms with Gasteiger partial charge in [-0.15, -0.1) is 10.2 Å². The van der Waals surface area contributed by atoms with Crippen molar-refractivity contribution in [3.05, 3.63) is 72.0 Å². The van der Waals surface area contributed by atoms with Gasteiger partial charge in [0.2, 0.25) is 17.7 Å². The van der Waals surface area contributed by atoms with Crippen molar-refractivity contribution in [3.8, 4) is 11.5 Å². The average molecular weight is 375 g/mol. The summed E-state index contributed by atoms with van der Waals surface area (Å²) < 4.78 is 10.8. The smallest absolute Gasteiger partial charge is 0.247 e. The van der Waals surface area contributed by atoms with Gasteiger partial charge in [0.1, 0.15) is 5.52 Å². The first kappa shape index (κ1) is 19.5. The van der Waals surface area contributed by atoms with E-state index in [1.165, 1.54) is 5.56 Å². The van der Waals surface area contributed by atoms with E-state index in [9.17, 15) is 0 Å². The summed E-state index contributed by atoms with van der Waals surface area (Å²) in [5.74, 6) is 1.84. The van der Waals surface area contributed by atoms with Crippen LogP contribution in [-0.4, -0.2) is 15.2 Å². The van der Waals surface area contributed by atoms with E-state index < -0.39 is 0 Å². The van der Waals surface area contributed by atoms with Gasteiger partial charge < -0.3 is 8.83 Å². The molecule has 0 radical (unpaired) electrons. The van der Waals surface area contributed by atoms with E-state index in [0.717, 1.165) is 16.7 Å². The third-order valence-corrected chi connectivity index (χ3v) is 4.14. The summed E-state index contributed by atoms with van der Waals surface area (Å²) in [6, 6.07) is 16.0. The highest BCUT2D eigenvalue weighted by molar-refractivity contribution is 5.73. The van der Waals surface area contributed by atoms with Crippen LogP contribution >= 0.6 is 0 Å². The summed E-state index contributed by atoms with van der Waals surface area (Å²) >= 11 is 0. The van der Waals surface area contributed by atoms with Crippen LogP contribution < -0.4 is 0 Å². The van der Waals surface area contributed by atoms with Crippen LogP contribution in [0.2, 0.25) is 0 Å². The molecule has 5 nitrogen and oxygen atoms in total. The maximum atomic E-state index is 5.41. The monoisotopic (exact) mass is 375 g/mol. The second-order valence-electron chi connectivity index (χ2n) is 7.47. The maximum Gasteiger partial charge on any atom is 0.247 e. The van der Waals surface area contributed by atoms with Gasteiger partial charge in [-0.2, -0.15) is 0 Å².